The molecular formula is C16H25N3O3. The normalized spacial score (nSPS) is 17.5. The van der Waals surface area contributed by atoms with E-state index in [2.05, 4.69) is 17.1 Å². The molecule has 2 N–H and O–H groups in total. The predicted molar refractivity (Wildman–Crippen MR) is 87.2 cm³/mol. The van der Waals surface area contributed by atoms with Gasteiger partial charge in [0, 0.05) is 49.6 Å². The van der Waals surface area contributed by atoms with Gasteiger partial charge in [0.05, 0.1) is 4.92 Å². The highest BCUT2D eigenvalue weighted by Gasteiger charge is 2.20. The summed E-state index contributed by atoms with van der Waals surface area (Å²) in [5, 5.41) is 23.2. The molecule has 1 aliphatic heterocycles. The number of aliphatic hydroxyl groups excluding tert-OH is 1. The summed E-state index contributed by atoms with van der Waals surface area (Å²) in [4.78, 5) is 12.6. The Kier molecular flexibility index (Phi) is 6.15. The molecule has 1 fully saturated rings. The molecule has 0 radical (unpaired) electrons. The van der Waals surface area contributed by atoms with Crippen LogP contribution in [0.2, 0.25) is 0 Å². The van der Waals surface area contributed by atoms with Crippen LogP contribution in [-0.4, -0.2) is 41.8 Å². The predicted octanol–water partition coefficient (Wildman–Crippen LogP) is 2.31. The Morgan fingerprint density at radius 3 is 2.55 bits per heavy atom. The number of nitro benzene ring substituents is 1. The van der Waals surface area contributed by atoms with Gasteiger partial charge in [0.2, 0.25) is 0 Å². The van der Waals surface area contributed by atoms with Crippen LogP contribution in [0.15, 0.2) is 24.3 Å². The van der Waals surface area contributed by atoms with Gasteiger partial charge in [-0.15, -0.1) is 0 Å². The third-order valence-corrected chi connectivity index (χ3v) is 4.24. The van der Waals surface area contributed by atoms with E-state index in [9.17, 15) is 10.1 Å². The number of benzene rings is 1. The van der Waals surface area contributed by atoms with Crippen LogP contribution in [-0.2, 0) is 0 Å². The summed E-state index contributed by atoms with van der Waals surface area (Å²) in [7, 11) is 0. The topological polar surface area (TPSA) is 78.6 Å². The van der Waals surface area contributed by atoms with E-state index in [1.54, 1.807) is 12.1 Å². The van der Waals surface area contributed by atoms with Crippen molar-refractivity contribution in [2.45, 2.75) is 44.7 Å². The fourth-order valence-electron chi connectivity index (χ4n) is 2.97. The molecule has 0 amide bonds. The van der Waals surface area contributed by atoms with Crippen molar-refractivity contribution in [2.75, 3.05) is 24.6 Å². The molecule has 0 saturated carbocycles. The highest BCUT2D eigenvalue weighted by molar-refractivity contribution is 5.51. The van der Waals surface area contributed by atoms with E-state index in [0.29, 0.717) is 12.1 Å². The van der Waals surface area contributed by atoms with Gasteiger partial charge in [0.1, 0.15) is 0 Å². The molecule has 2 rings (SSSR count). The summed E-state index contributed by atoms with van der Waals surface area (Å²) in [6.45, 7) is 4.34. The molecule has 0 spiro atoms. The number of anilines is 1. The standard InChI is InChI=1S/C16H25N3O3/c1-13(3-2-12-20)17-14-8-10-18(11-9-14)15-4-6-16(7-5-15)19(21)22/h4-7,13-14,17,20H,2-3,8-12H2,1H3. The van der Waals surface area contributed by atoms with E-state index in [1.807, 2.05) is 12.1 Å². The molecule has 1 unspecified atom stereocenters. The number of piperidine rings is 1. The number of nitrogens with one attached hydrogen (secondary N) is 1. The molecule has 0 aliphatic carbocycles. The van der Waals surface area contributed by atoms with Crippen LogP contribution in [0.5, 0.6) is 0 Å². The van der Waals surface area contributed by atoms with Gasteiger partial charge in [-0.3, -0.25) is 10.1 Å². The Bertz CT molecular complexity index is 470. The van der Waals surface area contributed by atoms with Crippen LogP contribution in [0.3, 0.4) is 0 Å². The van der Waals surface area contributed by atoms with Crippen LogP contribution < -0.4 is 10.2 Å². The smallest absolute Gasteiger partial charge is 0.269 e. The maximum atomic E-state index is 10.7. The van der Waals surface area contributed by atoms with E-state index >= 15 is 0 Å². The van der Waals surface area contributed by atoms with Crippen molar-refractivity contribution in [2.24, 2.45) is 0 Å². The number of nitrogens with zero attached hydrogens (tertiary/aromatic N) is 2. The molecule has 0 bridgehead atoms. The minimum absolute atomic E-state index is 0.137. The number of rotatable bonds is 7. The molecule has 0 aromatic heterocycles. The summed E-state index contributed by atoms with van der Waals surface area (Å²) in [5.74, 6) is 0. The average Bonchev–Trinajstić information content (AvgIpc) is 2.54. The Morgan fingerprint density at radius 2 is 2.00 bits per heavy atom. The second kappa shape index (κ2) is 8.10. The van der Waals surface area contributed by atoms with Crippen molar-refractivity contribution in [1.29, 1.82) is 0 Å². The lowest BCUT2D eigenvalue weighted by atomic mass is 10.0. The van der Waals surface area contributed by atoms with Crippen LogP contribution in [0.1, 0.15) is 32.6 Å². The van der Waals surface area contributed by atoms with Gasteiger partial charge in [0.15, 0.2) is 0 Å². The summed E-state index contributed by atoms with van der Waals surface area (Å²) < 4.78 is 0. The van der Waals surface area contributed by atoms with Gasteiger partial charge < -0.3 is 15.3 Å². The Hall–Kier alpha value is -1.66. The van der Waals surface area contributed by atoms with Crippen molar-refractivity contribution in [3.63, 3.8) is 0 Å². The fourth-order valence-corrected chi connectivity index (χ4v) is 2.97. The first-order chi connectivity index (χ1) is 10.6. The minimum atomic E-state index is -0.367. The second-order valence-electron chi connectivity index (χ2n) is 5.97. The highest BCUT2D eigenvalue weighted by atomic mass is 16.6. The van der Waals surface area contributed by atoms with Crippen molar-refractivity contribution in [3.05, 3.63) is 34.4 Å². The molecular weight excluding hydrogens is 282 g/mol. The quantitative estimate of drug-likeness (QED) is 0.597. The van der Waals surface area contributed by atoms with E-state index in [1.165, 1.54) is 0 Å². The first kappa shape index (κ1) is 16.7. The van der Waals surface area contributed by atoms with Crippen molar-refractivity contribution >= 4 is 11.4 Å². The van der Waals surface area contributed by atoms with Crippen LogP contribution in [0.4, 0.5) is 11.4 Å². The molecule has 1 aromatic rings. The molecule has 1 atom stereocenters. The van der Waals surface area contributed by atoms with Gasteiger partial charge in [-0.1, -0.05) is 0 Å². The van der Waals surface area contributed by atoms with Gasteiger partial charge in [-0.25, -0.2) is 0 Å². The third kappa shape index (κ3) is 4.68. The third-order valence-electron chi connectivity index (χ3n) is 4.24. The maximum absolute atomic E-state index is 10.7. The lowest BCUT2D eigenvalue weighted by Crippen LogP contribution is -2.45. The fraction of sp³-hybridized carbons (Fsp3) is 0.625. The van der Waals surface area contributed by atoms with E-state index in [0.717, 1.165) is 44.5 Å². The molecule has 1 heterocycles. The zero-order valence-electron chi connectivity index (χ0n) is 13.1. The van der Waals surface area contributed by atoms with Crippen LogP contribution in [0.25, 0.3) is 0 Å². The number of nitro groups is 1. The summed E-state index contributed by atoms with van der Waals surface area (Å²) in [5.41, 5.74) is 1.19. The maximum Gasteiger partial charge on any atom is 0.269 e. The molecule has 6 nitrogen and oxygen atoms in total. The molecule has 6 heteroatoms. The first-order valence-electron chi connectivity index (χ1n) is 7.96. The van der Waals surface area contributed by atoms with Crippen LogP contribution in [0, 0.1) is 10.1 Å². The highest BCUT2D eigenvalue weighted by Crippen LogP contribution is 2.23. The molecule has 1 aromatic carbocycles. The summed E-state index contributed by atoms with van der Waals surface area (Å²) >= 11 is 0. The van der Waals surface area contributed by atoms with Gasteiger partial charge in [0.25, 0.3) is 5.69 Å². The zero-order valence-corrected chi connectivity index (χ0v) is 13.1. The van der Waals surface area contributed by atoms with Crippen molar-refractivity contribution in [3.8, 4) is 0 Å². The number of aliphatic hydroxyl groups is 1. The van der Waals surface area contributed by atoms with Gasteiger partial charge in [-0.2, -0.15) is 0 Å². The van der Waals surface area contributed by atoms with E-state index < -0.39 is 0 Å². The zero-order chi connectivity index (χ0) is 15.9. The number of hydrogen-bond donors (Lipinski definition) is 2. The van der Waals surface area contributed by atoms with E-state index in [4.69, 9.17) is 5.11 Å². The SMILES string of the molecule is CC(CCCO)NC1CCN(c2ccc([N+](=O)[O-])cc2)CC1. The van der Waals surface area contributed by atoms with Crippen molar-refractivity contribution < 1.29 is 10.0 Å². The molecule has 1 aliphatic rings. The number of hydrogen-bond acceptors (Lipinski definition) is 5. The first-order valence-corrected chi connectivity index (χ1v) is 7.96. The van der Waals surface area contributed by atoms with Crippen LogP contribution >= 0.6 is 0 Å². The molecule has 1 saturated heterocycles. The Labute approximate surface area is 131 Å². The average molecular weight is 307 g/mol. The minimum Gasteiger partial charge on any atom is -0.396 e. The monoisotopic (exact) mass is 307 g/mol. The van der Waals surface area contributed by atoms with Gasteiger partial charge >= 0.3 is 0 Å². The lowest BCUT2D eigenvalue weighted by Gasteiger charge is -2.35. The lowest BCUT2D eigenvalue weighted by molar-refractivity contribution is -0.384. The summed E-state index contributed by atoms with van der Waals surface area (Å²) in [6.07, 6.45) is 3.98. The molecule has 22 heavy (non-hydrogen) atoms. The molecule has 122 valence electrons. The van der Waals surface area contributed by atoms with Crippen molar-refractivity contribution in [1.82, 2.24) is 5.32 Å². The van der Waals surface area contributed by atoms with Gasteiger partial charge in [-0.05, 0) is 44.7 Å². The number of non-ortho nitro benzene ring substituents is 1. The Balaban J connectivity index is 1.80. The summed E-state index contributed by atoms with van der Waals surface area (Å²) in [6, 6.07) is 7.74. The second-order valence-corrected chi connectivity index (χ2v) is 5.97. The largest absolute Gasteiger partial charge is 0.396 e. The van der Waals surface area contributed by atoms with E-state index in [-0.39, 0.29) is 17.2 Å². The Morgan fingerprint density at radius 1 is 1.36 bits per heavy atom.